The lowest BCUT2D eigenvalue weighted by molar-refractivity contribution is -0.149. The van der Waals surface area contributed by atoms with Gasteiger partial charge in [-0.1, -0.05) is 27.2 Å². The molecule has 0 unspecified atom stereocenters. The predicted octanol–water partition coefficient (Wildman–Crippen LogP) is 4.13. The molecule has 3 N–H and O–H groups in total. The summed E-state index contributed by atoms with van der Waals surface area (Å²) in [6.07, 6.45) is 5.99. The van der Waals surface area contributed by atoms with Crippen LogP contribution in [0.15, 0.2) is 46.8 Å². The number of amides is 2. The molecule has 252 valence electrons. The number of carbonyl (C=O) groups excluding carboxylic acids is 3. The van der Waals surface area contributed by atoms with Gasteiger partial charge in [0.25, 0.3) is 0 Å². The molecule has 1 heterocycles. The molecule has 2 aromatic rings. The van der Waals surface area contributed by atoms with Gasteiger partial charge in [0.15, 0.2) is 11.5 Å². The van der Waals surface area contributed by atoms with Crippen LogP contribution >= 0.6 is 22.6 Å². The molecular formula is C34H45IN2O9. The number of benzene rings is 1. The van der Waals surface area contributed by atoms with Gasteiger partial charge in [-0.3, -0.25) is 14.4 Å². The SMILES string of the molecule is COc1cc(C=O)cc(I)c1O[C@H]1C=C(C(=O)NCCO)C[C@@H](N(Cc2ccoc2)C(=O)CO[C@H]2C[C@@H](C)CC[C@@H]2C(C)C)[C@@H]1O. The molecule has 2 amide bonds. The van der Waals surface area contributed by atoms with Gasteiger partial charge in [0.2, 0.25) is 11.8 Å². The van der Waals surface area contributed by atoms with E-state index in [1.54, 1.807) is 12.1 Å². The Labute approximate surface area is 283 Å². The smallest absolute Gasteiger partial charge is 0.249 e. The standard InChI is InChI=1S/C34H45IN2O9/c1-20(2)25-6-5-21(3)11-28(25)45-19-31(40)37(16-22-7-10-44-18-22)27-14-24(34(42)36-8-9-38)15-29(32(27)41)46-33-26(35)12-23(17-39)13-30(33)43-4/h7,10,12-13,15,17-18,20-21,25,27-29,32,38,41H,5-6,8-9,11,14,16,19H2,1-4H3,(H,36,42)/t21-,25+,27+,28-,29-,32-/m0/s1. The Hall–Kier alpha value is -2.94. The number of ether oxygens (including phenoxy) is 3. The van der Waals surface area contributed by atoms with Crippen LogP contribution in [0.4, 0.5) is 0 Å². The lowest BCUT2D eigenvalue weighted by atomic mass is 9.75. The molecule has 46 heavy (non-hydrogen) atoms. The van der Waals surface area contributed by atoms with Crippen LogP contribution in [-0.2, 0) is 20.9 Å². The topological polar surface area (TPSA) is 148 Å². The number of aliphatic hydroxyl groups excluding tert-OH is 2. The van der Waals surface area contributed by atoms with E-state index in [0.29, 0.717) is 44.3 Å². The highest BCUT2D eigenvalue weighted by Gasteiger charge is 2.41. The Bertz CT molecular complexity index is 1360. The van der Waals surface area contributed by atoms with E-state index in [1.165, 1.54) is 36.7 Å². The van der Waals surface area contributed by atoms with Crippen LogP contribution in [0.2, 0.25) is 0 Å². The summed E-state index contributed by atoms with van der Waals surface area (Å²) in [5.41, 5.74) is 1.39. The minimum Gasteiger partial charge on any atom is -0.493 e. The summed E-state index contributed by atoms with van der Waals surface area (Å²) < 4.78 is 24.0. The molecule has 0 bridgehead atoms. The first kappa shape index (κ1) is 35.9. The number of carbonyl (C=O) groups is 3. The summed E-state index contributed by atoms with van der Waals surface area (Å²) in [6, 6.07) is 4.02. The first-order valence-corrected chi connectivity index (χ1v) is 16.8. The Morgan fingerprint density at radius 2 is 2.04 bits per heavy atom. The van der Waals surface area contributed by atoms with E-state index in [9.17, 15) is 24.6 Å². The van der Waals surface area contributed by atoms with E-state index in [0.717, 1.165) is 19.3 Å². The molecule has 0 radical (unpaired) electrons. The molecule has 1 saturated carbocycles. The maximum Gasteiger partial charge on any atom is 0.249 e. The maximum absolute atomic E-state index is 14.1. The molecule has 0 saturated heterocycles. The van der Waals surface area contributed by atoms with Crippen molar-refractivity contribution in [3.05, 3.63) is 57.1 Å². The van der Waals surface area contributed by atoms with Gasteiger partial charge < -0.3 is 39.1 Å². The summed E-state index contributed by atoms with van der Waals surface area (Å²) in [5, 5.41) is 23.8. The third-order valence-corrected chi connectivity index (χ3v) is 9.69. The number of hydrogen-bond acceptors (Lipinski definition) is 9. The van der Waals surface area contributed by atoms with Gasteiger partial charge in [-0.15, -0.1) is 0 Å². The van der Waals surface area contributed by atoms with Gasteiger partial charge in [-0.25, -0.2) is 0 Å². The Morgan fingerprint density at radius 1 is 1.26 bits per heavy atom. The maximum atomic E-state index is 14.1. The van der Waals surface area contributed by atoms with Crippen LogP contribution in [0.1, 0.15) is 62.4 Å². The number of methoxy groups -OCH3 is 1. The van der Waals surface area contributed by atoms with Crippen LogP contribution in [0.5, 0.6) is 11.5 Å². The van der Waals surface area contributed by atoms with Crippen molar-refractivity contribution >= 4 is 40.7 Å². The molecule has 12 heteroatoms. The fourth-order valence-electron chi connectivity index (χ4n) is 6.38. The average Bonchev–Trinajstić information content (AvgIpc) is 3.56. The monoisotopic (exact) mass is 752 g/mol. The summed E-state index contributed by atoms with van der Waals surface area (Å²) in [5.74, 6) is 1.05. The van der Waals surface area contributed by atoms with Crippen molar-refractivity contribution in [3.63, 3.8) is 0 Å². The summed E-state index contributed by atoms with van der Waals surface area (Å²) in [7, 11) is 1.44. The Balaban J connectivity index is 1.66. The lowest BCUT2D eigenvalue weighted by Crippen LogP contribution is -2.55. The number of hydrogen-bond donors (Lipinski definition) is 3. The third-order valence-electron chi connectivity index (χ3n) is 8.89. The number of halogens is 1. The van der Waals surface area contributed by atoms with Crippen molar-refractivity contribution in [1.82, 2.24) is 10.2 Å². The van der Waals surface area contributed by atoms with Crippen molar-refractivity contribution in [1.29, 1.82) is 0 Å². The van der Waals surface area contributed by atoms with Crippen LogP contribution in [0.25, 0.3) is 0 Å². The Morgan fingerprint density at radius 3 is 2.70 bits per heavy atom. The Kier molecular flexibility index (Phi) is 13.1. The highest BCUT2D eigenvalue weighted by atomic mass is 127. The molecule has 0 spiro atoms. The van der Waals surface area contributed by atoms with Crippen molar-refractivity contribution in [3.8, 4) is 11.5 Å². The van der Waals surface area contributed by atoms with Gasteiger partial charge in [0.05, 0.1) is 42.0 Å². The van der Waals surface area contributed by atoms with Gasteiger partial charge in [-0.05, 0) is 77.5 Å². The fourth-order valence-corrected chi connectivity index (χ4v) is 7.13. The van der Waals surface area contributed by atoms with Crippen LogP contribution in [-0.4, -0.2) is 84.4 Å². The van der Waals surface area contributed by atoms with Crippen molar-refractivity contribution < 1.29 is 43.2 Å². The average molecular weight is 753 g/mol. The molecule has 6 atom stereocenters. The van der Waals surface area contributed by atoms with Gasteiger partial charge >= 0.3 is 0 Å². The number of nitrogens with zero attached hydrogens (tertiary/aromatic N) is 1. The third kappa shape index (κ3) is 8.90. The fraction of sp³-hybridized carbons (Fsp3) is 0.559. The molecule has 4 rings (SSSR count). The molecule has 1 aromatic heterocycles. The highest BCUT2D eigenvalue weighted by molar-refractivity contribution is 14.1. The molecule has 1 aromatic carbocycles. The zero-order valence-corrected chi connectivity index (χ0v) is 29.0. The van der Waals surface area contributed by atoms with Crippen molar-refractivity contribution in [2.75, 3.05) is 26.9 Å². The minimum atomic E-state index is -1.25. The van der Waals surface area contributed by atoms with E-state index >= 15 is 0 Å². The highest BCUT2D eigenvalue weighted by Crippen LogP contribution is 2.38. The normalized spacial score (nSPS) is 24.7. The molecular weight excluding hydrogens is 707 g/mol. The largest absolute Gasteiger partial charge is 0.493 e. The van der Waals surface area contributed by atoms with E-state index in [2.05, 4.69) is 26.1 Å². The van der Waals surface area contributed by atoms with Gasteiger partial charge in [-0.2, -0.15) is 0 Å². The molecule has 2 aliphatic rings. The number of furan rings is 1. The first-order valence-electron chi connectivity index (χ1n) is 15.8. The van der Waals surface area contributed by atoms with Crippen molar-refractivity contribution in [2.24, 2.45) is 17.8 Å². The number of nitrogens with one attached hydrogen (secondary N) is 1. The van der Waals surface area contributed by atoms with E-state index in [-0.39, 0.29) is 56.2 Å². The van der Waals surface area contributed by atoms with Crippen molar-refractivity contribution in [2.45, 2.75) is 77.4 Å². The second kappa shape index (κ2) is 16.8. The van der Waals surface area contributed by atoms with E-state index in [1.807, 2.05) is 22.6 Å². The van der Waals surface area contributed by atoms with E-state index in [4.69, 9.17) is 18.6 Å². The number of aldehydes is 1. The summed E-state index contributed by atoms with van der Waals surface area (Å²) in [6.45, 7) is 6.29. The summed E-state index contributed by atoms with van der Waals surface area (Å²) >= 11 is 2.02. The number of rotatable bonds is 14. The van der Waals surface area contributed by atoms with Gasteiger partial charge in [0.1, 0.15) is 25.1 Å². The van der Waals surface area contributed by atoms with Crippen LogP contribution < -0.4 is 14.8 Å². The molecule has 2 aliphatic carbocycles. The van der Waals surface area contributed by atoms with Crippen LogP contribution in [0.3, 0.4) is 0 Å². The second-order valence-corrected chi connectivity index (χ2v) is 13.7. The molecule has 0 aliphatic heterocycles. The minimum absolute atomic E-state index is 0.0370. The lowest BCUT2D eigenvalue weighted by Gasteiger charge is -2.41. The number of aliphatic hydroxyl groups is 2. The quantitative estimate of drug-likeness (QED) is 0.192. The van der Waals surface area contributed by atoms with E-state index < -0.39 is 24.2 Å². The second-order valence-electron chi connectivity index (χ2n) is 12.5. The van der Waals surface area contributed by atoms with Crippen LogP contribution in [0, 0.1) is 21.3 Å². The first-order chi connectivity index (χ1) is 22.1. The van der Waals surface area contributed by atoms with Gasteiger partial charge in [0, 0.05) is 36.2 Å². The molecule has 11 nitrogen and oxygen atoms in total. The molecule has 1 fully saturated rings. The predicted molar refractivity (Wildman–Crippen MR) is 178 cm³/mol. The summed E-state index contributed by atoms with van der Waals surface area (Å²) in [4.78, 5) is 40.3. The zero-order chi connectivity index (χ0) is 33.4. The zero-order valence-electron chi connectivity index (χ0n) is 26.8.